The Morgan fingerprint density at radius 1 is 1.69 bits per heavy atom. The third kappa shape index (κ3) is 3.62. The van der Waals surface area contributed by atoms with Crippen molar-refractivity contribution in [1.29, 1.82) is 0 Å². The second kappa shape index (κ2) is 5.79. The first-order chi connectivity index (χ1) is 6.34. The van der Waals surface area contributed by atoms with Gasteiger partial charge in [0.2, 0.25) is 0 Å². The fourth-order valence-electron chi connectivity index (χ4n) is 1.35. The zero-order valence-electron chi connectivity index (χ0n) is 8.21. The molecule has 1 atom stereocenters. The highest BCUT2D eigenvalue weighted by Crippen LogP contribution is 2.18. The van der Waals surface area contributed by atoms with E-state index in [-0.39, 0.29) is 11.9 Å². The predicted molar refractivity (Wildman–Crippen MR) is 51.0 cm³/mol. The van der Waals surface area contributed by atoms with E-state index in [1.54, 1.807) is 0 Å². The van der Waals surface area contributed by atoms with E-state index in [1.165, 1.54) is 0 Å². The molecule has 0 N–H and O–H groups in total. The summed E-state index contributed by atoms with van der Waals surface area (Å²) < 4.78 is 5.14. The summed E-state index contributed by atoms with van der Waals surface area (Å²) in [5.74, 6) is 0.0734. The summed E-state index contributed by atoms with van der Waals surface area (Å²) >= 11 is 0. The van der Waals surface area contributed by atoms with E-state index in [4.69, 9.17) is 4.74 Å². The highest BCUT2D eigenvalue weighted by atomic mass is 16.5. The van der Waals surface area contributed by atoms with E-state index in [1.807, 2.05) is 6.08 Å². The molecule has 2 heteroatoms. The quantitative estimate of drug-likeness (QED) is 0.492. The van der Waals surface area contributed by atoms with Crippen LogP contribution in [0.25, 0.3) is 0 Å². The minimum absolute atomic E-state index is 0.0220. The average Bonchev–Trinajstić information content (AvgIpc) is 2.19. The maximum Gasteiger partial charge on any atom is 0.309 e. The van der Waals surface area contributed by atoms with E-state index in [0.29, 0.717) is 6.61 Å². The molecule has 0 aromatic carbocycles. The lowest BCUT2D eigenvalue weighted by atomic mass is 9.95. The van der Waals surface area contributed by atoms with E-state index >= 15 is 0 Å². The number of rotatable bonds is 4. The number of unbranched alkanes of at least 4 members (excludes halogenated alkanes) is 1. The molecule has 0 aromatic heterocycles. The van der Waals surface area contributed by atoms with Crippen molar-refractivity contribution in [3.05, 3.63) is 12.2 Å². The van der Waals surface area contributed by atoms with Crippen molar-refractivity contribution < 1.29 is 9.53 Å². The molecular formula is C11H17O2. The molecule has 13 heavy (non-hydrogen) atoms. The van der Waals surface area contributed by atoms with Gasteiger partial charge in [-0.05, 0) is 31.8 Å². The SMILES string of the molecule is CCCCOC(=O)C1CC=[C]CC1. The van der Waals surface area contributed by atoms with Crippen LogP contribution in [0.1, 0.15) is 39.0 Å². The molecule has 0 saturated carbocycles. The van der Waals surface area contributed by atoms with E-state index < -0.39 is 0 Å². The molecule has 0 aliphatic heterocycles. The Labute approximate surface area is 80.0 Å². The van der Waals surface area contributed by atoms with Crippen molar-refractivity contribution in [1.82, 2.24) is 0 Å². The van der Waals surface area contributed by atoms with Crippen molar-refractivity contribution in [2.24, 2.45) is 5.92 Å². The Hall–Kier alpha value is -0.790. The molecule has 1 unspecified atom stereocenters. The van der Waals surface area contributed by atoms with Crippen LogP contribution in [0.5, 0.6) is 0 Å². The van der Waals surface area contributed by atoms with Crippen LogP contribution in [0.4, 0.5) is 0 Å². The van der Waals surface area contributed by atoms with Crippen molar-refractivity contribution in [2.75, 3.05) is 6.61 Å². The van der Waals surface area contributed by atoms with Crippen LogP contribution in [0.3, 0.4) is 0 Å². The van der Waals surface area contributed by atoms with E-state index in [2.05, 4.69) is 13.0 Å². The highest BCUT2D eigenvalue weighted by molar-refractivity contribution is 5.72. The highest BCUT2D eigenvalue weighted by Gasteiger charge is 2.19. The van der Waals surface area contributed by atoms with Crippen LogP contribution < -0.4 is 0 Å². The lowest BCUT2D eigenvalue weighted by Gasteiger charge is -2.15. The van der Waals surface area contributed by atoms with Gasteiger partial charge in [0.25, 0.3) is 0 Å². The molecule has 1 aliphatic rings. The number of ether oxygens (including phenoxy) is 1. The van der Waals surface area contributed by atoms with Crippen LogP contribution in [-0.4, -0.2) is 12.6 Å². The molecule has 2 nitrogen and oxygen atoms in total. The minimum atomic E-state index is -0.0220. The standard InChI is InChI=1S/C11H17O2/c1-2-3-9-13-11(12)10-7-5-4-6-8-10/h5,10H,2-3,6-9H2,1H3. The van der Waals surface area contributed by atoms with Crippen LogP contribution >= 0.6 is 0 Å². The Bertz CT molecular complexity index is 185. The van der Waals surface area contributed by atoms with Gasteiger partial charge in [0.1, 0.15) is 0 Å². The van der Waals surface area contributed by atoms with Gasteiger partial charge in [0.15, 0.2) is 0 Å². The van der Waals surface area contributed by atoms with Crippen LogP contribution in [0.2, 0.25) is 0 Å². The van der Waals surface area contributed by atoms with Gasteiger partial charge in [-0.3, -0.25) is 4.79 Å². The molecule has 1 aliphatic carbocycles. The Morgan fingerprint density at radius 2 is 2.54 bits per heavy atom. The number of esters is 1. The lowest BCUT2D eigenvalue weighted by molar-refractivity contribution is -0.148. The van der Waals surface area contributed by atoms with E-state index in [9.17, 15) is 4.79 Å². The van der Waals surface area contributed by atoms with Gasteiger partial charge in [-0.15, -0.1) is 0 Å². The van der Waals surface area contributed by atoms with Gasteiger partial charge in [-0.25, -0.2) is 0 Å². The monoisotopic (exact) mass is 181 g/mol. The zero-order valence-corrected chi connectivity index (χ0v) is 8.21. The molecular weight excluding hydrogens is 164 g/mol. The molecule has 73 valence electrons. The summed E-state index contributed by atoms with van der Waals surface area (Å²) in [5.41, 5.74) is 0. The van der Waals surface area contributed by atoms with Gasteiger partial charge < -0.3 is 4.74 Å². The van der Waals surface area contributed by atoms with Gasteiger partial charge >= 0.3 is 5.97 Å². The normalized spacial score (nSPS) is 21.5. The number of allylic oxidation sites excluding steroid dienone is 2. The molecule has 1 rings (SSSR count). The fraction of sp³-hybridized carbons (Fsp3) is 0.727. The van der Waals surface area contributed by atoms with E-state index in [0.717, 1.165) is 32.1 Å². The summed E-state index contributed by atoms with van der Waals surface area (Å²) in [6.07, 6.45) is 9.72. The van der Waals surface area contributed by atoms with Crippen molar-refractivity contribution >= 4 is 5.97 Å². The Kier molecular flexibility index (Phi) is 4.58. The second-order valence-electron chi connectivity index (χ2n) is 3.40. The average molecular weight is 181 g/mol. The molecule has 0 fully saturated rings. The molecule has 0 saturated heterocycles. The van der Waals surface area contributed by atoms with Gasteiger partial charge in [0.05, 0.1) is 12.5 Å². The first kappa shape index (κ1) is 10.3. The summed E-state index contributed by atoms with van der Waals surface area (Å²) in [6, 6.07) is 0. The molecule has 0 bridgehead atoms. The number of hydrogen-bond donors (Lipinski definition) is 0. The third-order valence-corrected chi connectivity index (χ3v) is 2.26. The van der Waals surface area contributed by atoms with Gasteiger partial charge in [0, 0.05) is 0 Å². The molecule has 0 amide bonds. The topological polar surface area (TPSA) is 26.3 Å². The number of hydrogen-bond acceptors (Lipinski definition) is 2. The predicted octanol–water partition coefficient (Wildman–Crippen LogP) is 2.49. The second-order valence-corrected chi connectivity index (χ2v) is 3.40. The van der Waals surface area contributed by atoms with Crippen molar-refractivity contribution in [3.8, 4) is 0 Å². The summed E-state index contributed by atoms with van der Waals surface area (Å²) in [7, 11) is 0. The molecule has 0 aromatic rings. The number of carbonyl (C=O) groups is 1. The number of carbonyl (C=O) groups excluding carboxylic acids is 1. The Morgan fingerprint density at radius 3 is 3.15 bits per heavy atom. The van der Waals surface area contributed by atoms with Gasteiger partial charge in [-0.1, -0.05) is 19.4 Å². The van der Waals surface area contributed by atoms with Crippen molar-refractivity contribution in [2.45, 2.75) is 39.0 Å². The van der Waals surface area contributed by atoms with Crippen LogP contribution in [0.15, 0.2) is 6.08 Å². The summed E-state index contributed by atoms with van der Waals surface area (Å²) in [4.78, 5) is 11.4. The molecule has 0 heterocycles. The lowest BCUT2D eigenvalue weighted by Crippen LogP contribution is -2.19. The maximum absolute atomic E-state index is 11.4. The van der Waals surface area contributed by atoms with Crippen LogP contribution in [-0.2, 0) is 9.53 Å². The first-order valence-corrected chi connectivity index (χ1v) is 5.06. The minimum Gasteiger partial charge on any atom is -0.465 e. The van der Waals surface area contributed by atoms with Crippen LogP contribution in [0, 0.1) is 12.0 Å². The zero-order chi connectivity index (χ0) is 9.52. The first-order valence-electron chi connectivity index (χ1n) is 5.06. The smallest absolute Gasteiger partial charge is 0.309 e. The molecule has 0 spiro atoms. The fourth-order valence-corrected chi connectivity index (χ4v) is 1.35. The summed E-state index contributed by atoms with van der Waals surface area (Å²) in [6.45, 7) is 2.67. The third-order valence-electron chi connectivity index (χ3n) is 2.26. The summed E-state index contributed by atoms with van der Waals surface area (Å²) in [5, 5.41) is 0. The molecule has 1 radical (unpaired) electrons. The maximum atomic E-state index is 11.4. The Balaban J connectivity index is 2.18. The largest absolute Gasteiger partial charge is 0.465 e. The van der Waals surface area contributed by atoms with Gasteiger partial charge in [-0.2, -0.15) is 0 Å². The van der Waals surface area contributed by atoms with Crippen molar-refractivity contribution in [3.63, 3.8) is 0 Å².